The van der Waals surface area contributed by atoms with E-state index < -0.39 is 11.4 Å². The number of likely N-dealkylation sites (tertiary alicyclic amines) is 1. The van der Waals surface area contributed by atoms with Crippen LogP contribution in [-0.2, 0) is 14.4 Å². The fourth-order valence-electron chi connectivity index (χ4n) is 3.33. The van der Waals surface area contributed by atoms with Crippen molar-refractivity contribution in [3.8, 4) is 0 Å². The highest BCUT2D eigenvalue weighted by Crippen LogP contribution is 2.45. The van der Waals surface area contributed by atoms with E-state index in [-0.39, 0.29) is 23.8 Å². The fraction of sp³-hybridized carbons (Fsp3) is 0.800. The van der Waals surface area contributed by atoms with Crippen LogP contribution in [0.5, 0.6) is 0 Å². The average Bonchev–Trinajstić information content (AvgIpc) is 2.35. The van der Waals surface area contributed by atoms with Crippen LogP contribution in [0.15, 0.2) is 0 Å². The molecule has 0 aromatic heterocycles. The molecule has 20 heavy (non-hydrogen) atoms. The van der Waals surface area contributed by atoms with E-state index in [1.54, 1.807) is 13.8 Å². The molecule has 2 fully saturated rings. The topological polar surface area (TPSA) is 74.7 Å². The van der Waals surface area contributed by atoms with Crippen LogP contribution < -0.4 is 0 Å². The van der Waals surface area contributed by atoms with Gasteiger partial charge >= 0.3 is 5.97 Å². The summed E-state index contributed by atoms with van der Waals surface area (Å²) in [5.41, 5.74) is -1.24. The molecule has 1 aliphatic heterocycles. The number of amides is 2. The zero-order valence-corrected chi connectivity index (χ0v) is 12.3. The van der Waals surface area contributed by atoms with Gasteiger partial charge in [0.2, 0.25) is 11.8 Å². The summed E-state index contributed by atoms with van der Waals surface area (Å²) >= 11 is 0. The van der Waals surface area contributed by atoms with Crippen molar-refractivity contribution in [2.45, 2.75) is 58.8 Å². The molecule has 0 radical (unpaired) electrons. The number of carbonyl (C=O) groups excluding carboxylic acids is 2. The molecule has 1 saturated carbocycles. The van der Waals surface area contributed by atoms with Gasteiger partial charge in [-0.25, -0.2) is 0 Å². The summed E-state index contributed by atoms with van der Waals surface area (Å²) in [5, 5.41) is 9.14. The van der Waals surface area contributed by atoms with Crippen molar-refractivity contribution in [2.75, 3.05) is 6.54 Å². The molecule has 2 amide bonds. The summed E-state index contributed by atoms with van der Waals surface area (Å²) < 4.78 is 0. The smallest absolute Gasteiger partial charge is 0.310 e. The van der Waals surface area contributed by atoms with Crippen molar-refractivity contribution in [3.05, 3.63) is 0 Å². The number of aliphatic carboxylic acids is 1. The Morgan fingerprint density at radius 3 is 2.10 bits per heavy atom. The van der Waals surface area contributed by atoms with Crippen LogP contribution in [0.4, 0.5) is 0 Å². The molecule has 1 heterocycles. The van der Waals surface area contributed by atoms with Gasteiger partial charge in [-0.1, -0.05) is 19.3 Å². The van der Waals surface area contributed by atoms with E-state index in [9.17, 15) is 14.4 Å². The minimum absolute atomic E-state index is 0.0317. The van der Waals surface area contributed by atoms with Gasteiger partial charge in [-0.15, -0.1) is 0 Å². The van der Waals surface area contributed by atoms with Gasteiger partial charge in [0.1, 0.15) is 0 Å². The second-order valence-corrected chi connectivity index (χ2v) is 6.98. The summed E-state index contributed by atoms with van der Waals surface area (Å²) in [6.45, 7) is 3.05. The lowest BCUT2D eigenvalue weighted by Crippen LogP contribution is -2.52. The Hall–Kier alpha value is -1.39. The molecule has 1 aliphatic carbocycles. The fourth-order valence-corrected chi connectivity index (χ4v) is 3.33. The first-order valence-electron chi connectivity index (χ1n) is 7.32. The molecule has 0 bridgehead atoms. The van der Waals surface area contributed by atoms with Crippen molar-refractivity contribution >= 4 is 17.8 Å². The summed E-state index contributed by atoms with van der Waals surface area (Å²) in [6, 6.07) is 0. The molecule has 0 aromatic rings. The van der Waals surface area contributed by atoms with Crippen molar-refractivity contribution in [1.82, 2.24) is 4.90 Å². The average molecular weight is 281 g/mol. The zero-order valence-electron chi connectivity index (χ0n) is 12.3. The molecule has 2 rings (SSSR count). The van der Waals surface area contributed by atoms with Crippen LogP contribution in [-0.4, -0.2) is 34.3 Å². The van der Waals surface area contributed by atoms with E-state index in [2.05, 4.69) is 0 Å². The highest BCUT2D eigenvalue weighted by atomic mass is 16.4. The summed E-state index contributed by atoms with van der Waals surface area (Å²) in [5.74, 6) is -1.38. The van der Waals surface area contributed by atoms with Gasteiger partial charge in [0.05, 0.1) is 5.41 Å². The third kappa shape index (κ3) is 2.86. The maximum absolute atomic E-state index is 12.3. The van der Waals surface area contributed by atoms with Gasteiger partial charge in [-0.05, 0) is 32.1 Å². The molecule has 0 atom stereocenters. The lowest BCUT2D eigenvalue weighted by molar-refractivity contribution is -0.159. The van der Waals surface area contributed by atoms with Crippen LogP contribution in [0.3, 0.4) is 0 Å². The van der Waals surface area contributed by atoms with Crippen LogP contribution in [0.1, 0.15) is 58.8 Å². The maximum atomic E-state index is 12.3. The Labute approximate surface area is 119 Å². The molecule has 0 unspecified atom stereocenters. The second kappa shape index (κ2) is 5.19. The monoisotopic (exact) mass is 281 g/mol. The number of nitrogens with zero attached hydrogens (tertiary/aromatic N) is 1. The van der Waals surface area contributed by atoms with Crippen molar-refractivity contribution in [2.24, 2.45) is 10.8 Å². The Morgan fingerprint density at radius 1 is 1.15 bits per heavy atom. The molecule has 5 heteroatoms. The van der Waals surface area contributed by atoms with E-state index in [4.69, 9.17) is 5.11 Å². The lowest BCUT2D eigenvalue weighted by atomic mass is 9.67. The minimum Gasteiger partial charge on any atom is -0.481 e. The second-order valence-electron chi connectivity index (χ2n) is 6.98. The predicted octanol–water partition coefficient (Wildman–Crippen LogP) is 2.20. The van der Waals surface area contributed by atoms with Crippen LogP contribution in [0.25, 0.3) is 0 Å². The van der Waals surface area contributed by atoms with E-state index in [1.165, 1.54) is 6.42 Å². The van der Waals surface area contributed by atoms with Gasteiger partial charge in [-0.3, -0.25) is 19.3 Å². The van der Waals surface area contributed by atoms with Gasteiger partial charge < -0.3 is 5.11 Å². The first-order valence-corrected chi connectivity index (χ1v) is 7.32. The van der Waals surface area contributed by atoms with Crippen LogP contribution in [0.2, 0.25) is 0 Å². The molecule has 0 aromatic carbocycles. The normalized spacial score (nSPS) is 23.2. The predicted molar refractivity (Wildman–Crippen MR) is 72.9 cm³/mol. The quantitative estimate of drug-likeness (QED) is 0.805. The third-order valence-electron chi connectivity index (χ3n) is 4.70. The molecule has 2 aliphatic rings. The summed E-state index contributed by atoms with van der Waals surface area (Å²) in [6.07, 6.45) is 6.03. The Balaban J connectivity index is 2.10. The van der Waals surface area contributed by atoms with Gasteiger partial charge in [0.25, 0.3) is 0 Å². The molecule has 1 spiro atoms. The van der Waals surface area contributed by atoms with E-state index >= 15 is 0 Å². The molecule has 1 N–H and O–H groups in total. The van der Waals surface area contributed by atoms with Gasteiger partial charge in [-0.2, -0.15) is 0 Å². The number of imide groups is 1. The number of carbonyl (C=O) groups is 3. The maximum Gasteiger partial charge on any atom is 0.310 e. The molecule has 1 saturated heterocycles. The Morgan fingerprint density at radius 2 is 1.65 bits per heavy atom. The molecule has 5 nitrogen and oxygen atoms in total. The van der Waals surface area contributed by atoms with Gasteiger partial charge in [0, 0.05) is 19.4 Å². The van der Waals surface area contributed by atoms with Crippen molar-refractivity contribution < 1.29 is 19.5 Å². The van der Waals surface area contributed by atoms with E-state index in [0.29, 0.717) is 12.8 Å². The largest absolute Gasteiger partial charge is 0.481 e. The van der Waals surface area contributed by atoms with Crippen molar-refractivity contribution in [3.63, 3.8) is 0 Å². The number of hydrogen-bond donors (Lipinski definition) is 1. The minimum atomic E-state index is -1.09. The third-order valence-corrected chi connectivity index (χ3v) is 4.70. The summed E-state index contributed by atoms with van der Waals surface area (Å²) in [4.78, 5) is 36.9. The Kier molecular flexibility index (Phi) is 3.89. The van der Waals surface area contributed by atoms with E-state index in [1.807, 2.05) is 0 Å². The van der Waals surface area contributed by atoms with Crippen LogP contribution in [0, 0.1) is 10.8 Å². The standard InChI is InChI=1S/C15H23NO4/c1-14(2,13(19)20)10-16-11(17)8-15(9-12(16)18)6-4-3-5-7-15/h3-10H2,1-2H3,(H,19,20). The molecular formula is C15H23NO4. The first-order chi connectivity index (χ1) is 9.26. The molecule has 112 valence electrons. The van der Waals surface area contributed by atoms with E-state index in [0.717, 1.165) is 30.6 Å². The number of carboxylic acids is 1. The number of carboxylic acid groups (broad SMARTS) is 1. The van der Waals surface area contributed by atoms with Gasteiger partial charge in [0.15, 0.2) is 0 Å². The number of hydrogen-bond acceptors (Lipinski definition) is 3. The van der Waals surface area contributed by atoms with Crippen LogP contribution >= 0.6 is 0 Å². The highest BCUT2D eigenvalue weighted by molar-refractivity contribution is 5.99. The number of rotatable bonds is 3. The molecular weight excluding hydrogens is 258 g/mol. The zero-order chi connectivity index (χ0) is 15.0. The Bertz CT molecular complexity index is 415. The highest BCUT2D eigenvalue weighted by Gasteiger charge is 2.46. The lowest BCUT2D eigenvalue weighted by Gasteiger charge is -2.43. The SMILES string of the molecule is CC(C)(CN1C(=O)CC2(CCCCC2)CC1=O)C(=O)O. The summed E-state index contributed by atoms with van der Waals surface area (Å²) in [7, 11) is 0. The number of piperidine rings is 1. The van der Waals surface area contributed by atoms with Crippen molar-refractivity contribution in [1.29, 1.82) is 0 Å². The first kappa shape index (κ1) is 15.0.